The average molecular weight is 282 g/mol. The van der Waals surface area contributed by atoms with E-state index >= 15 is 0 Å². The number of hydrogen-bond donors (Lipinski definition) is 1. The number of nitrogens with one attached hydrogen (secondary N) is 1. The lowest BCUT2D eigenvalue weighted by Gasteiger charge is -2.48. The van der Waals surface area contributed by atoms with Crippen molar-refractivity contribution in [3.05, 3.63) is 22.4 Å². The van der Waals surface area contributed by atoms with E-state index in [1.807, 2.05) is 11.3 Å². The minimum atomic E-state index is 0.227. The van der Waals surface area contributed by atoms with Crippen LogP contribution in [0.3, 0.4) is 0 Å². The second-order valence-electron chi connectivity index (χ2n) is 4.99. The molecular formula is C16H30N2S. The Hall–Kier alpha value is -0.380. The number of hydrogen-bond acceptors (Lipinski definition) is 3. The highest BCUT2D eigenvalue weighted by atomic mass is 32.1. The van der Waals surface area contributed by atoms with Gasteiger partial charge in [-0.2, -0.15) is 0 Å². The van der Waals surface area contributed by atoms with E-state index < -0.39 is 0 Å². The van der Waals surface area contributed by atoms with Crippen LogP contribution in [0.2, 0.25) is 0 Å². The van der Waals surface area contributed by atoms with Crippen molar-refractivity contribution >= 4 is 11.3 Å². The van der Waals surface area contributed by atoms with E-state index in [2.05, 4.69) is 62.3 Å². The van der Waals surface area contributed by atoms with Gasteiger partial charge >= 0.3 is 0 Å². The minimum absolute atomic E-state index is 0.227. The molecule has 0 bridgehead atoms. The van der Waals surface area contributed by atoms with Crippen LogP contribution < -0.4 is 5.32 Å². The van der Waals surface area contributed by atoms with Gasteiger partial charge in [-0.1, -0.05) is 40.7 Å². The standard InChI is InChI=1S/C16H30N2S/c1-6-16(7-2,18(9-4)10-5)15(17-8-3)14-12-11-13-19-14/h11-13,15,17H,6-10H2,1-5H3. The summed E-state index contributed by atoms with van der Waals surface area (Å²) in [6.07, 6.45) is 2.36. The summed E-state index contributed by atoms with van der Waals surface area (Å²) in [5.41, 5.74) is 0.227. The molecule has 0 aliphatic rings. The summed E-state index contributed by atoms with van der Waals surface area (Å²) in [5.74, 6) is 0. The molecule has 19 heavy (non-hydrogen) atoms. The van der Waals surface area contributed by atoms with Gasteiger partial charge in [0, 0.05) is 10.4 Å². The van der Waals surface area contributed by atoms with Crippen LogP contribution in [-0.2, 0) is 0 Å². The monoisotopic (exact) mass is 282 g/mol. The highest BCUT2D eigenvalue weighted by molar-refractivity contribution is 7.10. The van der Waals surface area contributed by atoms with Gasteiger partial charge in [-0.25, -0.2) is 0 Å². The average Bonchev–Trinajstić information content (AvgIpc) is 2.96. The smallest absolute Gasteiger partial charge is 0.0601 e. The summed E-state index contributed by atoms with van der Waals surface area (Å²) in [7, 11) is 0. The van der Waals surface area contributed by atoms with Crippen molar-refractivity contribution in [2.24, 2.45) is 0 Å². The van der Waals surface area contributed by atoms with Crippen molar-refractivity contribution in [2.75, 3.05) is 19.6 Å². The quantitative estimate of drug-likeness (QED) is 0.726. The molecule has 0 amide bonds. The fraction of sp³-hybridized carbons (Fsp3) is 0.750. The summed E-state index contributed by atoms with van der Waals surface area (Å²) in [6.45, 7) is 14.7. The van der Waals surface area contributed by atoms with E-state index in [0.29, 0.717) is 6.04 Å². The Kier molecular flexibility index (Phi) is 7.05. The summed E-state index contributed by atoms with van der Waals surface area (Å²) in [6, 6.07) is 4.89. The number of rotatable bonds is 9. The highest BCUT2D eigenvalue weighted by Crippen LogP contribution is 2.38. The molecule has 1 heterocycles. The second kappa shape index (κ2) is 8.03. The van der Waals surface area contributed by atoms with E-state index in [1.54, 1.807) is 0 Å². The van der Waals surface area contributed by atoms with Crippen LogP contribution in [-0.4, -0.2) is 30.1 Å². The summed E-state index contributed by atoms with van der Waals surface area (Å²) in [4.78, 5) is 4.11. The lowest BCUT2D eigenvalue weighted by Crippen LogP contribution is -2.55. The van der Waals surface area contributed by atoms with Gasteiger partial charge in [-0.3, -0.25) is 4.90 Å². The maximum atomic E-state index is 3.75. The van der Waals surface area contributed by atoms with Gasteiger partial charge in [0.1, 0.15) is 0 Å². The van der Waals surface area contributed by atoms with Crippen molar-refractivity contribution in [3.8, 4) is 0 Å². The molecule has 0 saturated heterocycles. The first-order valence-electron chi connectivity index (χ1n) is 7.71. The first kappa shape index (κ1) is 16.7. The Morgan fingerprint density at radius 2 is 1.79 bits per heavy atom. The fourth-order valence-electron chi connectivity index (χ4n) is 3.36. The Bertz CT molecular complexity index is 327. The van der Waals surface area contributed by atoms with E-state index in [9.17, 15) is 0 Å². The second-order valence-corrected chi connectivity index (χ2v) is 5.97. The lowest BCUT2D eigenvalue weighted by atomic mass is 9.81. The zero-order valence-corrected chi connectivity index (χ0v) is 14.0. The normalized spacial score (nSPS) is 14.0. The molecule has 0 aliphatic heterocycles. The van der Waals surface area contributed by atoms with Crippen LogP contribution in [0.4, 0.5) is 0 Å². The maximum Gasteiger partial charge on any atom is 0.0601 e. The molecule has 1 aromatic rings. The van der Waals surface area contributed by atoms with Crippen LogP contribution in [0.25, 0.3) is 0 Å². The Labute approximate surface area is 123 Å². The van der Waals surface area contributed by atoms with Crippen LogP contribution in [0, 0.1) is 0 Å². The lowest BCUT2D eigenvalue weighted by molar-refractivity contribution is 0.0505. The van der Waals surface area contributed by atoms with Crippen LogP contribution in [0.1, 0.15) is 58.4 Å². The fourth-order valence-corrected chi connectivity index (χ4v) is 4.27. The summed E-state index contributed by atoms with van der Waals surface area (Å²) >= 11 is 1.88. The van der Waals surface area contributed by atoms with Crippen molar-refractivity contribution < 1.29 is 0 Å². The SMILES string of the molecule is CCNC(c1cccs1)C(CC)(CC)N(CC)CC. The van der Waals surface area contributed by atoms with Crippen LogP contribution in [0.15, 0.2) is 17.5 Å². The van der Waals surface area contributed by atoms with E-state index in [1.165, 1.54) is 17.7 Å². The number of likely N-dealkylation sites (N-methyl/N-ethyl adjacent to an activating group) is 2. The molecule has 1 rings (SSSR count). The molecule has 0 spiro atoms. The largest absolute Gasteiger partial charge is 0.308 e. The number of nitrogens with zero attached hydrogens (tertiary/aromatic N) is 1. The van der Waals surface area contributed by atoms with E-state index in [-0.39, 0.29) is 5.54 Å². The minimum Gasteiger partial charge on any atom is -0.308 e. The van der Waals surface area contributed by atoms with Gasteiger partial charge in [-0.05, 0) is 43.9 Å². The summed E-state index contributed by atoms with van der Waals surface area (Å²) in [5, 5.41) is 5.94. The van der Waals surface area contributed by atoms with Crippen LogP contribution >= 0.6 is 11.3 Å². The Morgan fingerprint density at radius 1 is 1.16 bits per heavy atom. The van der Waals surface area contributed by atoms with Gasteiger partial charge in [0.15, 0.2) is 0 Å². The Balaban J connectivity index is 3.18. The molecule has 1 atom stereocenters. The molecule has 3 heteroatoms. The van der Waals surface area contributed by atoms with Gasteiger partial charge in [0.25, 0.3) is 0 Å². The third-order valence-corrected chi connectivity index (χ3v) is 5.33. The molecule has 1 unspecified atom stereocenters. The third-order valence-electron chi connectivity index (χ3n) is 4.39. The zero-order chi connectivity index (χ0) is 14.3. The van der Waals surface area contributed by atoms with Gasteiger partial charge in [0.2, 0.25) is 0 Å². The highest BCUT2D eigenvalue weighted by Gasteiger charge is 2.40. The van der Waals surface area contributed by atoms with E-state index in [0.717, 1.165) is 19.6 Å². The van der Waals surface area contributed by atoms with Gasteiger partial charge in [-0.15, -0.1) is 11.3 Å². The predicted octanol–water partition coefficient (Wildman–Crippen LogP) is 4.30. The summed E-state index contributed by atoms with van der Waals surface area (Å²) < 4.78 is 0. The van der Waals surface area contributed by atoms with E-state index in [4.69, 9.17) is 0 Å². The first-order chi connectivity index (χ1) is 9.19. The molecule has 110 valence electrons. The first-order valence-corrected chi connectivity index (χ1v) is 8.59. The van der Waals surface area contributed by atoms with Crippen molar-refractivity contribution in [3.63, 3.8) is 0 Å². The zero-order valence-electron chi connectivity index (χ0n) is 13.2. The molecule has 0 aliphatic carbocycles. The van der Waals surface area contributed by atoms with Crippen LogP contribution in [0.5, 0.6) is 0 Å². The van der Waals surface area contributed by atoms with Gasteiger partial charge in [0.05, 0.1) is 6.04 Å². The molecule has 0 fully saturated rings. The molecule has 2 nitrogen and oxygen atoms in total. The molecular weight excluding hydrogens is 252 g/mol. The molecule has 1 N–H and O–H groups in total. The molecule has 0 aromatic carbocycles. The molecule has 0 saturated carbocycles. The topological polar surface area (TPSA) is 15.3 Å². The van der Waals surface area contributed by atoms with Crippen molar-refractivity contribution in [1.29, 1.82) is 0 Å². The number of thiophene rings is 1. The predicted molar refractivity (Wildman–Crippen MR) is 87.0 cm³/mol. The van der Waals surface area contributed by atoms with Gasteiger partial charge < -0.3 is 5.32 Å². The van der Waals surface area contributed by atoms with Crippen molar-refractivity contribution in [2.45, 2.75) is 59.0 Å². The maximum absolute atomic E-state index is 3.75. The van der Waals surface area contributed by atoms with Crippen molar-refractivity contribution in [1.82, 2.24) is 10.2 Å². The Morgan fingerprint density at radius 3 is 2.16 bits per heavy atom. The molecule has 1 aromatic heterocycles. The molecule has 0 radical (unpaired) electrons. The third kappa shape index (κ3) is 3.39.